The second-order valence-electron chi connectivity index (χ2n) is 4.71. The summed E-state index contributed by atoms with van der Waals surface area (Å²) in [5, 5.41) is 9.43. The van der Waals surface area contributed by atoms with Gasteiger partial charge in [-0.3, -0.25) is 0 Å². The standard InChI is InChI=1S/C14H22N2O/c1-3-15-6-8-16(9-7-15)14-5-4-12(2)10-13(14)11-17/h4-5,10,17H,3,6-9,11H2,1-2H3. The number of hydrogen-bond donors (Lipinski definition) is 1. The predicted molar refractivity (Wildman–Crippen MR) is 71.4 cm³/mol. The first-order chi connectivity index (χ1) is 8.24. The molecule has 1 aliphatic rings. The Kier molecular flexibility index (Phi) is 4.02. The molecule has 2 rings (SSSR count). The second-order valence-corrected chi connectivity index (χ2v) is 4.71. The third-order valence-electron chi connectivity index (χ3n) is 3.57. The van der Waals surface area contributed by atoms with Crippen molar-refractivity contribution in [2.24, 2.45) is 0 Å². The van der Waals surface area contributed by atoms with Crippen LogP contribution in [0.15, 0.2) is 18.2 Å². The van der Waals surface area contributed by atoms with Crippen molar-refractivity contribution in [3.63, 3.8) is 0 Å². The monoisotopic (exact) mass is 234 g/mol. The van der Waals surface area contributed by atoms with Crippen molar-refractivity contribution in [1.29, 1.82) is 0 Å². The summed E-state index contributed by atoms with van der Waals surface area (Å²) < 4.78 is 0. The van der Waals surface area contributed by atoms with Crippen molar-refractivity contribution in [2.45, 2.75) is 20.5 Å². The minimum Gasteiger partial charge on any atom is -0.392 e. The van der Waals surface area contributed by atoms with Crippen molar-refractivity contribution in [3.05, 3.63) is 29.3 Å². The van der Waals surface area contributed by atoms with Gasteiger partial charge in [0, 0.05) is 37.4 Å². The van der Waals surface area contributed by atoms with E-state index < -0.39 is 0 Å². The molecule has 1 heterocycles. The summed E-state index contributed by atoms with van der Waals surface area (Å²) in [7, 11) is 0. The van der Waals surface area contributed by atoms with Crippen LogP contribution in [-0.4, -0.2) is 42.7 Å². The Hall–Kier alpha value is -1.06. The highest BCUT2D eigenvalue weighted by Crippen LogP contribution is 2.23. The zero-order valence-corrected chi connectivity index (χ0v) is 10.8. The number of piperazine rings is 1. The molecule has 1 N–H and O–H groups in total. The van der Waals surface area contributed by atoms with Crippen LogP contribution in [0.2, 0.25) is 0 Å². The minimum absolute atomic E-state index is 0.130. The molecule has 0 spiro atoms. The summed E-state index contributed by atoms with van der Waals surface area (Å²) in [6, 6.07) is 6.35. The number of likely N-dealkylation sites (N-methyl/N-ethyl adjacent to an activating group) is 1. The first-order valence-electron chi connectivity index (χ1n) is 6.42. The molecule has 0 unspecified atom stereocenters. The number of aryl methyl sites for hydroxylation is 1. The zero-order valence-electron chi connectivity index (χ0n) is 10.8. The summed E-state index contributed by atoms with van der Waals surface area (Å²) in [6.07, 6.45) is 0. The van der Waals surface area contributed by atoms with Gasteiger partial charge in [-0.2, -0.15) is 0 Å². The number of rotatable bonds is 3. The van der Waals surface area contributed by atoms with E-state index in [2.05, 4.69) is 41.8 Å². The lowest BCUT2D eigenvalue weighted by atomic mass is 10.1. The molecular formula is C14H22N2O. The molecule has 17 heavy (non-hydrogen) atoms. The summed E-state index contributed by atoms with van der Waals surface area (Å²) in [4.78, 5) is 4.85. The average molecular weight is 234 g/mol. The van der Waals surface area contributed by atoms with Gasteiger partial charge < -0.3 is 14.9 Å². The average Bonchev–Trinajstić information content (AvgIpc) is 2.39. The molecule has 0 saturated carbocycles. The van der Waals surface area contributed by atoms with Gasteiger partial charge in [-0.25, -0.2) is 0 Å². The van der Waals surface area contributed by atoms with E-state index >= 15 is 0 Å². The number of nitrogens with zero attached hydrogens (tertiary/aromatic N) is 2. The molecule has 0 aliphatic carbocycles. The molecule has 3 nitrogen and oxygen atoms in total. The number of benzene rings is 1. The number of hydrogen-bond acceptors (Lipinski definition) is 3. The fraction of sp³-hybridized carbons (Fsp3) is 0.571. The van der Waals surface area contributed by atoms with Crippen molar-refractivity contribution in [2.75, 3.05) is 37.6 Å². The van der Waals surface area contributed by atoms with Gasteiger partial charge in [-0.1, -0.05) is 24.6 Å². The molecular weight excluding hydrogens is 212 g/mol. The molecule has 0 bridgehead atoms. The van der Waals surface area contributed by atoms with Crippen LogP contribution in [0.25, 0.3) is 0 Å². The topological polar surface area (TPSA) is 26.7 Å². The number of aliphatic hydroxyl groups is 1. The van der Waals surface area contributed by atoms with Crippen LogP contribution in [0.5, 0.6) is 0 Å². The molecule has 0 amide bonds. The quantitative estimate of drug-likeness (QED) is 0.861. The molecule has 1 aromatic rings. The van der Waals surface area contributed by atoms with E-state index in [1.807, 2.05) is 0 Å². The molecule has 1 aromatic carbocycles. The van der Waals surface area contributed by atoms with Gasteiger partial charge in [-0.15, -0.1) is 0 Å². The molecule has 94 valence electrons. The van der Waals surface area contributed by atoms with Crippen LogP contribution in [0.1, 0.15) is 18.1 Å². The van der Waals surface area contributed by atoms with E-state index in [-0.39, 0.29) is 6.61 Å². The van der Waals surface area contributed by atoms with Gasteiger partial charge in [0.2, 0.25) is 0 Å². The van der Waals surface area contributed by atoms with Gasteiger partial charge in [0.05, 0.1) is 6.61 Å². The summed E-state index contributed by atoms with van der Waals surface area (Å²) in [5.74, 6) is 0. The Morgan fingerprint density at radius 3 is 2.47 bits per heavy atom. The van der Waals surface area contributed by atoms with Gasteiger partial charge in [0.25, 0.3) is 0 Å². The van der Waals surface area contributed by atoms with Crippen LogP contribution in [-0.2, 0) is 6.61 Å². The van der Waals surface area contributed by atoms with Crippen LogP contribution in [0.4, 0.5) is 5.69 Å². The lowest BCUT2D eigenvalue weighted by Gasteiger charge is -2.36. The van der Waals surface area contributed by atoms with Crippen LogP contribution in [0.3, 0.4) is 0 Å². The van der Waals surface area contributed by atoms with Crippen molar-refractivity contribution in [3.8, 4) is 0 Å². The lowest BCUT2D eigenvalue weighted by Crippen LogP contribution is -2.46. The van der Waals surface area contributed by atoms with Crippen molar-refractivity contribution in [1.82, 2.24) is 4.90 Å². The SMILES string of the molecule is CCN1CCN(c2ccc(C)cc2CO)CC1. The van der Waals surface area contributed by atoms with Gasteiger partial charge in [0.1, 0.15) is 0 Å². The smallest absolute Gasteiger partial charge is 0.0702 e. The molecule has 0 atom stereocenters. The first-order valence-corrected chi connectivity index (χ1v) is 6.42. The lowest BCUT2D eigenvalue weighted by molar-refractivity contribution is 0.267. The van der Waals surface area contributed by atoms with E-state index in [1.165, 1.54) is 11.3 Å². The maximum absolute atomic E-state index is 9.43. The predicted octanol–water partition coefficient (Wildman–Crippen LogP) is 1.63. The Bertz CT molecular complexity index is 370. The molecule has 1 aliphatic heterocycles. The van der Waals surface area contributed by atoms with E-state index in [0.29, 0.717) is 0 Å². The maximum atomic E-state index is 9.43. The summed E-state index contributed by atoms with van der Waals surface area (Å²) in [6.45, 7) is 9.90. The fourth-order valence-corrected chi connectivity index (χ4v) is 2.45. The van der Waals surface area contributed by atoms with Crippen LogP contribution >= 0.6 is 0 Å². The first kappa shape index (κ1) is 12.4. The third-order valence-corrected chi connectivity index (χ3v) is 3.57. The highest BCUT2D eigenvalue weighted by Gasteiger charge is 2.17. The maximum Gasteiger partial charge on any atom is 0.0702 e. The number of anilines is 1. The largest absolute Gasteiger partial charge is 0.392 e. The van der Waals surface area contributed by atoms with Crippen LogP contribution < -0.4 is 4.90 Å². The van der Waals surface area contributed by atoms with Crippen molar-refractivity contribution >= 4 is 5.69 Å². The molecule has 3 heteroatoms. The molecule has 1 fully saturated rings. The Morgan fingerprint density at radius 1 is 1.18 bits per heavy atom. The highest BCUT2D eigenvalue weighted by molar-refractivity contribution is 5.55. The van der Waals surface area contributed by atoms with Crippen molar-refractivity contribution < 1.29 is 5.11 Å². The highest BCUT2D eigenvalue weighted by atomic mass is 16.3. The Balaban J connectivity index is 2.12. The Labute approximate surface area is 104 Å². The van der Waals surface area contributed by atoms with E-state index in [9.17, 15) is 5.11 Å². The summed E-state index contributed by atoms with van der Waals surface area (Å²) >= 11 is 0. The molecule has 0 radical (unpaired) electrons. The third kappa shape index (κ3) is 2.79. The van der Waals surface area contributed by atoms with Gasteiger partial charge in [0.15, 0.2) is 0 Å². The Morgan fingerprint density at radius 2 is 1.88 bits per heavy atom. The number of aliphatic hydroxyl groups excluding tert-OH is 1. The fourth-order valence-electron chi connectivity index (χ4n) is 2.45. The van der Waals surface area contributed by atoms with E-state index in [0.717, 1.165) is 38.3 Å². The second kappa shape index (κ2) is 5.52. The van der Waals surface area contributed by atoms with E-state index in [4.69, 9.17) is 0 Å². The van der Waals surface area contributed by atoms with Crippen LogP contribution in [0, 0.1) is 6.92 Å². The zero-order chi connectivity index (χ0) is 12.3. The van der Waals surface area contributed by atoms with Gasteiger partial charge in [-0.05, 0) is 19.5 Å². The van der Waals surface area contributed by atoms with Gasteiger partial charge >= 0.3 is 0 Å². The summed E-state index contributed by atoms with van der Waals surface area (Å²) in [5.41, 5.74) is 3.47. The normalized spacial score (nSPS) is 17.5. The molecule has 0 aromatic heterocycles. The minimum atomic E-state index is 0.130. The molecule has 1 saturated heterocycles. The van der Waals surface area contributed by atoms with E-state index in [1.54, 1.807) is 0 Å².